The Morgan fingerprint density at radius 1 is 1.39 bits per heavy atom. The molecule has 0 spiro atoms. The lowest BCUT2D eigenvalue weighted by atomic mass is 9.99. The van der Waals surface area contributed by atoms with Crippen LogP contribution < -0.4 is 5.32 Å². The van der Waals surface area contributed by atoms with E-state index in [1.165, 1.54) is 0 Å². The van der Waals surface area contributed by atoms with Crippen molar-refractivity contribution in [3.8, 4) is 0 Å². The number of nitrogens with zero attached hydrogens (tertiary/aromatic N) is 2. The smallest absolute Gasteiger partial charge is 0.193 e. The molecule has 2 rings (SSSR count). The summed E-state index contributed by atoms with van der Waals surface area (Å²) in [5, 5.41) is 4.32. The maximum absolute atomic E-state index is 6.26. The second-order valence-corrected chi connectivity index (χ2v) is 7.53. The molecule has 0 bridgehead atoms. The number of hydrogen-bond donors (Lipinski definition) is 1. The molecule has 0 aromatic heterocycles. The standard InChI is InChI=1S/C17H26ClN3OS/c1-19-16(20-13-17(23-3)8-10-22-11-9-17)21(2)12-14-6-4-5-7-15(14)18/h4-7H,8-13H2,1-3H3,(H,19,20). The van der Waals surface area contributed by atoms with E-state index in [1.807, 2.05) is 50.1 Å². The minimum atomic E-state index is 0.236. The average molecular weight is 356 g/mol. The number of thioether (sulfide) groups is 1. The maximum atomic E-state index is 6.26. The van der Waals surface area contributed by atoms with E-state index < -0.39 is 0 Å². The van der Waals surface area contributed by atoms with Gasteiger partial charge in [-0.3, -0.25) is 4.99 Å². The summed E-state index contributed by atoms with van der Waals surface area (Å²) >= 11 is 8.18. The molecule has 0 radical (unpaired) electrons. The minimum absolute atomic E-state index is 0.236. The summed E-state index contributed by atoms with van der Waals surface area (Å²) < 4.78 is 5.74. The molecule has 0 aliphatic carbocycles. The molecule has 1 aliphatic heterocycles. The molecule has 0 atom stereocenters. The van der Waals surface area contributed by atoms with Gasteiger partial charge in [-0.15, -0.1) is 0 Å². The van der Waals surface area contributed by atoms with Crippen LogP contribution in [0.5, 0.6) is 0 Å². The zero-order valence-corrected chi connectivity index (χ0v) is 15.7. The van der Waals surface area contributed by atoms with Crippen molar-refractivity contribution in [2.24, 2.45) is 4.99 Å². The summed E-state index contributed by atoms with van der Waals surface area (Å²) in [6, 6.07) is 7.93. The fourth-order valence-electron chi connectivity index (χ4n) is 2.78. The normalized spacial score (nSPS) is 17.8. The van der Waals surface area contributed by atoms with Gasteiger partial charge in [0.15, 0.2) is 5.96 Å². The molecular weight excluding hydrogens is 330 g/mol. The van der Waals surface area contributed by atoms with E-state index in [0.717, 1.165) is 55.7 Å². The van der Waals surface area contributed by atoms with Crippen LogP contribution in [0.3, 0.4) is 0 Å². The van der Waals surface area contributed by atoms with E-state index >= 15 is 0 Å². The zero-order chi connectivity index (χ0) is 16.7. The number of rotatable bonds is 5. The van der Waals surface area contributed by atoms with Gasteiger partial charge in [0.05, 0.1) is 0 Å². The minimum Gasteiger partial charge on any atom is -0.381 e. The Bertz CT molecular complexity index is 532. The molecule has 1 fully saturated rings. The first kappa shape index (κ1) is 18.4. The monoisotopic (exact) mass is 355 g/mol. The molecule has 1 saturated heterocycles. The van der Waals surface area contributed by atoms with Gasteiger partial charge in [0.2, 0.25) is 0 Å². The predicted molar refractivity (Wildman–Crippen MR) is 101 cm³/mol. The molecule has 1 aromatic rings. The van der Waals surface area contributed by atoms with Crippen LogP contribution in [-0.4, -0.2) is 55.7 Å². The van der Waals surface area contributed by atoms with E-state index in [2.05, 4.69) is 21.5 Å². The molecule has 1 heterocycles. The Morgan fingerprint density at radius 3 is 2.70 bits per heavy atom. The summed E-state index contributed by atoms with van der Waals surface area (Å²) in [7, 11) is 3.86. The highest BCUT2D eigenvalue weighted by atomic mass is 35.5. The van der Waals surface area contributed by atoms with E-state index in [1.54, 1.807) is 0 Å². The van der Waals surface area contributed by atoms with Crippen LogP contribution in [-0.2, 0) is 11.3 Å². The van der Waals surface area contributed by atoms with Gasteiger partial charge in [-0.25, -0.2) is 0 Å². The lowest BCUT2D eigenvalue weighted by Crippen LogP contribution is -2.48. The second kappa shape index (κ2) is 8.81. The van der Waals surface area contributed by atoms with Crippen LogP contribution in [0.4, 0.5) is 0 Å². The Labute approximate surface area is 148 Å². The molecule has 1 aromatic carbocycles. The van der Waals surface area contributed by atoms with E-state index in [-0.39, 0.29) is 4.75 Å². The van der Waals surface area contributed by atoms with Crippen LogP contribution in [0.25, 0.3) is 0 Å². The maximum Gasteiger partial charge on any atom is 0.193 e. The number of benzene rings is 1. The van der Waals surface area contributed by atoms with Crippen molar-refractivity contribution in [2.75, 3.05) is 40.1 Å². The number of ether oxygens (including phenoxy) is 1. The summed E-state index contributed by atoms with van der Waals surface area (Å²) in [5.41, 5.74) is 1.10. The predicted octanol–water partition coefficient (Wildman–Crippen LogP) is 3.26. The summed E-state index contributed by atoms with van der Waals surface area (Å²) in [6.07, 6.45) is 4.34. The summed E-state index contributed by atoms with van der Waals surface area (Å²) in [6.45, 7) is 3.32. The highest BCUT2D eigenvalue weighted by molar-refractivity contribution is 8.00. The number of halogens is 1. The number of nitrogens with one attached hydrogen (secondary N) is 1. The van der Waals surface area contributed by atoms with Crippen LogP contribution in [0.15, 0.2) is 29.3 Å². The van der Waals surface area contributed by atoms with Crippen molar-refractivity contribution < 1.29 is 4.74 Å². The van der Waals surface area contributed by atoms with Crippen molar-refractivity contribution in [2.45, 2.75) is 24.1 Å². The summed E-state index contributed by atoms with van der Waals surface area (Å²) in [5.74, 6) is 0.893. The third-order valence-electron chi connectivity index (χ3n) is 4.34. The Hall–Kier alpha value is -0.910. The molecule has 0 amide bonds. The molecular formula is C17H26ClN3OS. The molecule has 0 saturated carbocycles. The van der Waals surface area contributed by atoms with Gasteiger partial charge < -0.3 is 15.0 Å². The van der Waals surface area contributed by atoms with Gasteiger partial charge >= 0.3 is 0 Å². The van der Waals surface area contributed by atoms with Crippen LogP contribution in [0, 0.1) is 0 Å². The van der Waals surface area contributed by atoms with Crippen LogP contribution in [0.1, 0.15) is 18.4 Å². The first-order valence-corrected chi connectivity index (χ1v) is 9.48. The quantitative estimate of drug-likeness (QED) is 0.649. The number of guanidine groups is 1. The summed E-state index contributed by atoms with van der Waals surface area (Å²) in [4.78, 5) is 6.52. The number of hydrogen-bond acceptors (Lipinski definition) is 3. The van der Waals surface area contributed by atoms with E-state index in [4.69, 9.17) is 16.3 Å². The van der Waals surface area contributed by atoms with Crippen molar-refractivity contribution >= 4 is 29.3 Å². The van der Waals surface area contributed by atoms with Gasteiger partial charge in [-0.05, 0) is 30.7 Å². The Morgan fingerprint density at radius 2 is 2.09 bits per heavy atom. The highest BCUT2D eigenvalue weighted by Crippen LogP contribution is 2.33. The largest absolute Gasteiger partial charge is 0.381 e. The number of aliphatic imine (C=N–C) groups is 1. The molecule has 0 unspecified atom stereocenters. The van der Waals surface area contributed by atoms with E-state index in [9.17, 15) is 0 Å². The third-order valence-corrected chi connectivity index (χ3v) is 6.13. The zero-order valence-electron chi connectivity index (χ0n) is 14.1. The molecule has 4 nitrogen and oxygen atoms in total. The highest BCUT2D eigenvalue weighted by Gasteiger charge is 2.32. The van der Waals surface area contributed by atoms with Crippen molar-refractivity contribution in [1.29, 1.82) is 0 Å². The van der Waals surface area contributed by atoms with Crippen molar-refractivity contribution in [1.82, 2.24) is 10.2 Å². The second-order valence-electron chi connectivity index (χ2n) is 5.85. The first-order valence-electron chi connectivity index (χ1n) is 7.88. The Balaban J connectivity index is 1.95. The van der Waals surface area contributed by atoms with Gasteiger partial charge in [-0.1, -0.05) is 29.8 Å². The molecule has 1 aliphatic rings. The average Bonchev–Trinajstić information content (AvgIpc) is 2.58. The van der Waals surface area contributed by atoms with E-state index in [0.29, 0.717) is 0 Å². The van der Waals surface area contributed by atoms with Gasteiger partial charge in [-0.2, -0.15) is 11.8 Å². The topological polar surface area (TPSA) is 36.9 Å². The van der Waals surface area contributed by atoms with Crippen LogP contribution in [0.2, 0.25) is 5.02 Å². The fourth-order valence-corrected chi connectivity index (χ4v) is 3.77. The Kier molecular flexibility index (Phi) is 7.06. The molecule has 1 N–H and O–H groups in total. The lowest BCUT2D eigenvalue weighted by molar-refractivity contribution is 0.0781. The van der Waals surface area contributed by atoms with Crippen LogP contribution >= 0.6 is 23.4 Å². The van der Waals surface area contributed by atoms with Crippen molar-refractivity contribution in [3.63, 3.8) is 0 Å². The SMILES string of the molecule is CN=C(NCC1(SC)CCOCC1)N(C)Cc1ccccc1Cl. The first-order chi connectivity index (χ1) is 11.1. The van der Waals surface area contributed by atoms with Gasteiger partial charge in [0.1, 0.15) is 0 Å². The fraction of sp³-hybridized carbons (Fsp3) is 0.588. The molecule has 128 valence electrons. The van der Waals surface area contributed by atoms with Gasteiger partial charge in [0.25, 0.3) is 0 Å². The lowest BCUT2D eigenvalue weighted by Gasteiger charge is -2.37. The van der Waals surface area contributed by atoms with Crippen molar-refractivity contribution in [3.05, 3.63) is 34.9 Å². The molecule has 23 heavy (non-hydrogen) atoms. The third kappa shape index (κ3) is 5.03. The van der Waals surface area contributed by atoms with Gasteiger partial charge in [0, 0.05) is 50.2 Å². The molecule has 6 heteroatoms.